The maximum Gasteiger partial charge on any atom is 0.292 e. The van der Waals surface area contributed by atoms with E-state index in [0.717, 1.165) is 10.4 Å². The molecule has 0 saturated carbocycles. The van der Waals surface area contributed by atoms with Crippen molar-refractivity contribution in [3.63, 3.8) is 0 Å². The van der Waals surface area contributed by atoms with Gasteiger partial charge in [-0.1, -0.05) is 6.07 Å². The molecule has 0 unspecified atom stereocenters. The molecule has 1 N–H and O–H groups in total. The van der Waals surface area contributed by atoms with Crippen molar-refractivity contribution in [3.05, 3.63) is 50.5 Å². The Labute approximate surface area is 102 Å². The quantitative estimate of drug-likeness (QED) is 0.668. The third-order valence-corrected chi connectivity index (χ3v) is 3.07. The summed E-state index contributed by atoms with van der Waals surface area (Å²) in [6.07, 6.45) is 1.75. The number of hydrogen-bond donors (Lipinski definition) is 1. The number of nitro groups is 1. The van der Waals surface area contributed by atoms with Gasteiger partial charge in [0.05, 0.1) is 17.0 Å². The number of aryl methyl sites for hydroxylation is 1. The fourth-order valence-electron chi connectivity index (χ4n) is 1.45. The number of anilines is 1. The lowest BCUT2D eigenvalue weighted by Gasteiger charge is -2.06. The minimum absolute atomic E-state index is 0.106. The number of nitrogens with one attached hydrogen (secondary N) is 1. The number of rotatable bonds is 4. The molecular formula is C11H11N3O2S. The molecule has 0 atom stereocenters. The molecule has 0 aliphatic carbocycles. The topological polar surface area (TPSA) is 68.1 Å². The van der Waals surface area contributed by atoms with Crippen molar-refractivity contribution in [2.24, 2.45) is 0 Å². The van der Waals surface area contributed by atoms with E-state index in [9.17, 15) is 10.1 Å². The van der Waals surface area contributed by atoms with Crippen LogP contribution in [0.25, 0.3) is 0 Å². The van der Waals surface area contributed by atoms with E-state index >= 15 is 0 Å². The van der Waals surface area contributed by atoms with Crippen molar-refractivity contribution < 1.29 is 4.92 Å². The van der Waals surface area contributed by atoms with Gasteiger partial charge in [0.25, 0.3) is 5.69 Å². The molecule has 0 fully saturated rings. The molecule has 5 nitrogen and oxygen atoms in total. The van der Waals surface area contributed by atoms with E-state index < -0.39 is 0 Å². The number of thiazole rings is 1. The highest BCUT2D eigenvalue weighted by molar-refractivity contribution is 7.09. The molecule has 1 heterocycles. The zero-order chi connectivity index (χ0) is 12.3. The summed E-state index contributed by atoms with van der Waals surface area (Å²) in [5.41, 5.74) is 3.25. The molecule has 1 aromatic heterocycles. The van der Waals surface area contributed by atoms with Gasteiger partial charge in [0.15, 0.2) is 0 Å². The number of aromatic nitrogens is 1. The molecule has 1 aromatic carbocycles. The molecule has 2 rings (SSSR count). The first-order valence-electron chi connectivity index (χ1n) is 5.03. The molecule has 6 heteroatoms. The van der Waals surface area contributed by atoms with Gasteiger partial charge < -0.3 is 5.32 Å². The van der Waals surface area contributed by atoms with Crippen LogP contribution in [-0.2, 0) is 6.54 Å². The van der Waals surface area contributed by atoms with Crippen molar-refractivity contribution in [3.8, 4) is 0 Å². The summed E-state index contributed by atoms with van der Waals surface area (Å²) in [5.74, 6) is 0. The molecule has 88 valence electrons. The van der Waals surface area contributed by atoms with E-state index in [1.54, 1.807) is 23.8 Å². The van der Waals surface area contributed by atoms with Crippen LogP contribution >= 0.6 is 11.3 Å². The molecular weight excluding hydrogens is 238 g/mol. The van der Waals surface area contributed by atoms with Crippen LogP contribution < -0.4 is 5.32 Å². The highest BCUT2D eigenvalue weighted by Gasteiger charge is 2.13. The van der Waals surface area contributed by atoms with Crippen molar-refractivity contribution in [2.75, 3.05) is 5.32 Å². The van der Waals surface area contributed by atoms with E-state index in [1.807, 2.05) is 13.0 Å². The molecule has 0 amide bonds. The van der Waals surface area contributed by atoms with Crippen molar-refractivity contribution in [1.82, 2.24) is 4.98 Å². The molecule has 0 aliphatic heterocycles. The Balaban J connectivity index is 2.17. The largest absolute Gasteiger partial charge is 0.375 e. The van der Waals surface area contributed by atoms with Crippen LogP contribution in [0.4, 0.5) is 11.4 Å². The molecule has 2 aromatic rings. The zero-order valence-corrected chi connectivity index (χ0v) is 10.0. The second kappa shape index (κ2) is 4.92. The minimum atomic E-state index is -0.373. The summed E-state index contributed by atoms with van der Waals surface area (Å²) < 4.78 is 0. The van der Waals surface area contributed by atoms with Crippen molar-refractivity contribution in [1.29, 1.82) is 0 Å². The maximum absolute atomic E-state index is 10.9. The van der Waals surface area contributed by atoms with E-state index in [-0.39, 0.29) is 10.6 Å². The fraction of sp³-hybridized carbons (Fsp3) is 0.182. The van der Waals surface area contributed by atoms with Crippen LogP contribution in [0, 0.1) is 17.0 Å². The number of hydrogen-bond acceptors (Lipinski definition) is 5. The SMILES string of the molecule is Cc1ccc(NCc2cncs2)c([N+](=O)[O-])c1. The number of benzene rings is 1. The number of nitro benzene ring substituents is 1. The highest BCUT2D eigenvalue weighted by atomic mass is 32.1. The first-order valence-corrected chi connectivity index (χ1v) is 5.91. The lowest BCUT2D eigenvalue weighted by Crippen LogP contribution is -2.01. The summed E-state index contributed by atoms with van der Waals surface area (Å²) >= 11 is 1.52. The van der Waals surface area contributed by atoms with Crippen LogP contribution in [0.1, 0.15) is 10.4 Å². The second-order valence-electron chi connectivity index (χ2n) is 3.60. The Hall–Kier alpha value is -1.95. The van der Waals surface area contributed by atoms with Crippen LogP contribution in [-0.4, -0.2) is 9.91 Å². The van der Waals surface area contributed by atoms with Crippen LogP contribution in [0.5, 0.6) is 0 Å². The first kappa shape index (κ1) is 11.5. The third kappa shape index (κ3) is 2.79. The van der Waals surface area contributed by atoms with E-state index in [4.69, 9.17) is 0 Å². The van der Waals surface area contributed by atoms with Gasteiger partial charge in [-0.2, -0.15) is 0 Å². The minimum Gasteiger partial charge on any atom is -0.375 e. The maximum atomic E-state index is 10.9. The van der Waals surface area contributed by atoms with Gasteiger partial charge in [0.2, 0.25) is 0 Å². The Morgan fingerprint density at radius 1 is 1.53 bits per heavy atom. The monoisotopic (exact) mass is 249 g/mol. The van der Waals surface area contributed by atoms with Gasteiger partial charge in [0, 0.05) is 17.1 Å². The molecule has 0 radical (unpaired) electrons. The number of nitrogens with zero attached hydrogens (tertiary/aromatic N) is 2. The third-order valence-electron chi connectivity index (χ3n) is 2.29. The summed E-state index contributed by atoms with van der Waals surface area (Å²) in [6.45, 7) is 2.38. The Kier molecular flexibility index (Phi) is 3.34. The van der Waals surface area contributed by atoms with Gasteiger partial charge in [-0.25, -0.2) is 0 Å². The molecule has 0 aliphatic rings. The van der Waals surface area contributed by atoms with Gasteiger partial charge in [-0.05, 0) is 18.6 Å². The smallest absolute Gasteiger partial charge is 0.292 e. The highest BCUT2D eigenvalue weighted by Crippen LogP contribution is 2.25. The summed E-state index contributed by atoms with van der Waals surface area (Å²) in [4.78, 5) is 15.5. The molecule has 0 saturated heterocycles. The standard InChI is InChI=1S/C11H11N3O2S/c1-8-2-3-10(11(4-8)14(15)16)13-6-9-5-12-7-17-9/h2-5,7,13H,6H2,1H3. The van der Waals surface area contributed by atoms with Crippen LogP contribution in [0.15, 0.2) is 29.9 Å². The fourth-order valence-corrected chi connectivity index (χ4v) is 1.99. The summed E-state index contributed by atoms with van der Waals surface area (Å²) in [6, 6.07) is 5.14. The second-order valence-corrected chi connectivity index (χ2v) is 4.57. The predicted molar refractivity (Wildman–Crippen MR) is 67.3 cm³/mol. The van der Waals surface area contributed by atoms with Crippen molar-refractivity contribution in [2.45, 2.75) is 13.5 Å². The van der Waals surface area contributed by atoms with Crippen molar-refractivity contribution >= 4 is 22.7 Å². The van der Waals surface area contributed by atoms with E-state index in [1.165, 1.54) is 11.3 Å². The molecule has 17 heavy (non-hydrogen) atoms. The average Bonchev–Trinajstić information content (AvgIpc) is 2.80. The lowest BCUT2D eigenvalue weighted by molar-refractivity contribution is -0.384. The predicted octanol–water partition coefficient (Wildman–Crippen LogP) is 2.97. The lowest BCUT2D eigenvalue weighted by atomic mass is 10.2. The Morgan fingerprint density at radius 2 is 2.35 bits per heavy atom. The molecule has 0 bridgehead atoms. The zero-order valence-electron chi connectivity index (χ0n) is 9.21. The van der Waals surface area contributed by atoms with Gasteiger partial charge in [-0.3, -0.25) is 15.1 Å². The summed E-state index contributed by atoms with van der Waals surface area (Å²) in [7, 11) is 0. The summed E-state index contributed by atoms with van der Waals surface area (Å²) in [5, 5.41) is 13.9. The van der Waals surface area contributed by atoms with Gasteiger partial charge in [0.1, 0.15) is 5.69 Å². The molecule has 0 spiro atoms. The Morgan fingerprint density at radius 3 is 3.00 bits per heavy atom. The van der Waals surface area contributed by atoms with E-state index in [2.05, 4.69) is 10.3 Å². The van der Waals surface area contributed by atoms with E-state index in [0.29, 0.717) is 12.2 Å². The Bertz CT molecular complexity index is 526. The van der Waals surface area contributed by atoms with Crippen LogP contribution in [0.3, 0.4) is 0 Å². The normalized spacial score (nSPS) is 10.2. The average molecular weight is 249 g/mol. The van der Waals surface area contributed by atoms with Crippen LogP contribution in [0.2, 0.25) is 0 Å². The first-order chi connectivity index (χ1) is 8.16. The van der Waals surface area contributed by atoms with Gasteiger partial charge in [-0.15, -0.1) is 11.3 Å². The van der Waals surface area contributed by atoms with Gasteiger partial charge >= 0.3 is 0 Å².